The molecule has 2 heterocycles. The molecule has 0 aliphatic carbocycles. The van der Waals surface area contributed by atoms with Crippen LogP contribution in [-0.2, 0) is 6.54 Å². The highest BCUT2D eigenvalue weighted by Gasteiger charge is 2.05. The number of hydrogen-bond donors (Lipinski definition) is 1. The number of pyridine rings is 1. The zero-order valence-corrected chi connectivity index (χ0v) is 10.7. The van der Waals surface area contributed by atoms with Gasteiger partial charge in [-0.2, -0.15) is 0 Å². The monoisotopic (exact) mass is 250 g/mol. The summed E-state index contributed by atoms with van der Waals surface area (Å²) in [6.07, 6.45) is 1.79. The Morgan fingerprint density at radius 3 is 2.84 bits per heavy atom. The van der Waals surface area contributed by atoms with Crippen molar-refractivity contribution in [1.82, 2.24) is 15.0 Å². The number of aryl methyl sites for hydroxylation is 1. The van der Waals surface area contributed by atoms with Crippen LogP contribution in [0.25, 0.3) is 22.3 Å². The Kier molecular flexibility index (Phi) is 2.93. The Morgan fingerprint density at radius 1 is 1.11 bits per heavy atom. The van der Waals surface area contributed by atoms with Gasteiger partial charge in [-0.1, -0.05) is 6.07 Å². The lowest BCUT2D eigenvalue weighted by molar-refractivity contribution is 0.954. The average molecular weight is 250 g/mol. The van der Waals surface area contributed by atoms with E-state index in [1.807, 2.05) is 37.3 Å². The van der Waals surface area contributed by atoms with Crippen molar-refractivity contribution in [3.8, 4) is 11.4 Å². The van der Waals surface area contributed by atoms with E-state index in [1.54, 1.807) is 6.20 Å². The standard InChI is InChI=1S/C15H14N4/c1-10-7-13(9-16)19-15(18-10)12-4-5-14-11(8-12)3-2-6-17-14/h2-8H,9,16H2,1H3. The van der Waals surface area contributed by atoms with E-state index in [-0.39, 0.29) is 0 Å². The maximum absolute atomic E-state index is 5.66. The van der Waals surface area contributed by atoms with Gasteiger partial charge in [-0.25, -0.2) is 9.97 Å². The van der Waals surface area contributed by atoms with Crippen molar-refractivity contribution in [2.45, 2.75) is 13.5 Å². The van der Waals surface area contributed by atoms with Crippen LogP contribution in [0.2, 0.25) is 0 Å². The van der Waals surface area contributed by atoms with Gasteiger partial charge in [-0.3, -0.25) is 4.98 Å². The van der Waals surface area contributed by atoms with E-state index < -0.39 is 0 Å². The molecular weight excluding hydrogens is 236 g/mol. The number of aromatic nitrogens is 3. The van der Waals surface area contributed by atoms with E-state index in [1.165, 1.54) is 0 Å². The molecule has 1 aromatic carbocycles. The largest absolute Gasteiger partial charge is 0.325 e. The van der Waals surface area contributed by atoms with E-state index in [0.29, 0.717) is 12.4 Å². The van der Waals surface area contributed by atoms with Gasteiger partial charge in [-0.05, 0) is 37.3 Å². The number of nitrogens with zero attached hydrogens (tertiary/aromatic N) is 3. The van der Waals surface area contributed by atoms with Crippen LogP contribution in [0.5, 0.6) is 0 Å². The second-order valence-electron chi connectivity index (χ2n) is 4.44. The van der Waals surface area contributed by atoms with Crippen LogP contribution in [0, 0.1) is 6.92 Å². The van der Waals surface area contributed by atoms with Crippen molar-refractivity contribution < 1.29 is 0 Å². The molecule has 0 saturated heterocycles. The first kappa shape index (κ1) is 11.7. The third kappa shape index (κ3) is 2.30. The van der Waals surface area contributed by atoms with Gasteiger partial charge in [0, 0.05) is 29.4 Å². The second kappa shape index (κ2) is 4.74. The summed E-state index contributed by atoms with van der Waals surface area (Å²) in [5, 5.41) is 1.08. The lowest BCUT2D eigenvalue weighted by Crippen LogP contribution is -2.03. The van der Waals surface area contributed by atoms with Gasteiger partial charge < -0.3 is 5.73 Å². The molecule has 0 radical (unpaired) electrons. The maximum Gasteiger partial charge on any atom is 0.159 e. The molecule has 0 spiro atoms. The first-order valence-corrected chi connectivity index (χ1v) is 6.16. The Morgan fingerprint density at radius 2 is 2.00 bits per heavy atom. The molecule has 0 atom stereocenters. The highest BCUT2D eigenvalue weighted by molar-refractivity contribution is 5.83. The Balaban J connectivity index is 2.15. The van der Waals surface area contributed by atoms with Gasteiger partial charge in [0.25, 0.3) is 0 Å². The molecule has 19 heavy (non-hydrogen) atoms. The second-order valence-corrected chi connectivity index (χ2v) is 4.44. The summed E-state index contributed by atoms with van der Waals surface area (Å²) in [4.78, 5) is 13.3. The summed E-state index contributed by atoms with van der Waals surface area (Å²) in [5.41, 5.74) is 9.39. The predicted molar refractivity (Wildman–Crippen MR) is 75.4 cm³/mol. The molecule has 0 unspecified atom stereocenters. The van der Waals surface area contributed by atoms with Crippen molar-refractivity contribution in [3.63, 3.8) is 0 Å². The lowest BCUT2D eigenvalue weighted by atomic mass is 10.1. The number of rotatable bonds is 2. The third-order valence-corrected chi connectivity index (χ3v) is 2.98. The van der Waals surface area contributed by atoms with Crippen LogP contribution >= 0.6 is 0 Å². The molecular formula is C15H14N4. The molecule has 4 heteroatoms. The fourth-order valence-corrected chi connectivity index (χ4v) is 2.08. The van der Waals surface area contributed by atoms with Crippen molar-refractivity contribution in [1.29, 1.82) is 0 Å². The quantitative estimate of drug-likeness (QED) is 0.758. The van der Waals surface area contributed by atoms with E-state index in [4.69, 9.17) is 5.73 Å². The van der Waals surface area contributed by atoms with Crippen LogP contribution in [0.15, 0.2) is 42.6 Å². The molecule has 0 bridgehead atoms. The van der Waals surface area contributed by atoms with Crippen LogP contribution in [0.3, 0.4) is 0 Å². The number of nitrogens with two attached hydrogens (primary N) is 1. The number of hydrogen-bond acceptors (Lipinski definition) is 4. The summed E-state index contributed by atoms with van der Waals surface area (Å²) >= 11 is 0. The Bertz CT molecular complexity index is 737. The number of benzene rings is 1. The fraction of sp³-hybridized carbons (Fsp3) is 0.133. The minimum Gasteiger partial charge on any atom is -0.325 e. The van der Waals surface area contributed by atoms with Gasteiger partial charge in [0.2, 0.25) is 0 Å². The molecule has 2 N–H and O–H groups in total. The topological polar surface area (TPSA) is 64.7 Å². The molecule has 3 aromatic rings. The number of fused-ring (bicyclic) bond motifs is 1. The van der Waals surface area contributed by atoms with Gasteiger partial charge in [0.05, 0.1) is 11.2 Å². The Labute approximate surface area is 111 Å². The minimum absolute atomic E-state index is 0.422. The first-order valence-electron chi connectivity index (χ1n) is 6.16. The fourth-order valence-electron chi connectivity index (χ4n) is 2.08. The first-order chi connectivity index (χ1) is 9.26. The molecule has 0 amide bonds. The molecule has 0 aliphatic heterocycles. The molecule has 2 aromatic heterocycles. The molecule has 0 fully saturated rings. The van der Waals surface area contributed by atoms with Crippen molar-refractivity contribution >= 4 is 10.9 Å². The van der Waals surface area contributed by atoms with Gasteiger partial charge in [-0.15, -0.1) is 0 Å². The SMILES string of the molecule is Cc1cc(CN)nc(-c2ccc3ncccc3c2)n1. The van der Waals surface area contributed by atoms with Crippen LogP contribution in [-0.4, -0.2) is 15.0 Å². The van der Waals surface area contributed by atoms with E-state index in [9.17, 15) is 0 Å². The molecule has 4 nitrogen and oxygen atoms in total. The average Bonchev–Trinajstić information content (AvgIpc) is 2.46. The van der Waals surface area contributed by atoms with Crippen molar-refractivity contribution in [2.75, 3.05) is 0 Å². The highest BCUT2D eigenvalue weighted by Crippen LogP contribution is 2.21. The van der Waals surface area contributed by atoms with Gasteiger partial charge in [0.1, 0.15) is 0 Å². The molecule has 94 valence electrons. The zero-order valence-electron chi connectivity index (χ0n) is 10.7. The summed E-state index contributed by atoms with van der Waals surface area (Å²) in [5.74, 6) is 0.714. The third-order valence-electron chi connectivity index (χ3n) is 2.98. The summed E-state index contributed by atoms with van der Waals surface area (Å²) in [7, 11) is 0. The smallest absolute Gasteiger partial charge is 0.159 e. The maximum atomic E-state index is 5.66. The van der Waals surface area contributed by atoms with E-state index in [2.05, 4.69) is 21.0 Å². The lowest BCUT2D eigenvalue weighted by Gasteiger charge is -2.05. The molecule has 3 rings (SSSR count). The predicted octanol–water partition coefficient (Wildman–Crippen LogP) is 2.46. The van der Waals surface area contributed by atoms with Crippen LogP contribution < -0.4 is 5.73 Å². The van der Waals surface area contributed by atoms with E-state index >= 15 is 0 Å². The van der Waals surface area contributed by atoms with E-state index in [0.717, 1.165) is 27.9 Å². The summed E-state index contributed by atoms with van der Waals surface area (Å²) in [6, 6.07) is 11.9. The highest BCUT2D eigenvalue weighted by atomic mass is 14.9. The van der Waals surface area contributed by atoms with Gasteiger partial charge in [0.15, 0.2) is 5.82 Å². The summed E-state index contributed by atoms with van der Waals surface area (Å²) < 4.78 is 0. The zero-order chi connectivity index (χ0) is 13.2. The van der Waals surface area contributed by atoms with Crippen LogP contribution in [0.1, 0.15) is 11.4 Å². The molecule has 0 saturated carbocycles. The van der Waals surface area contributed by atoms with Crippen LogP contribution in [0.4, 0.5) is 0 Å². The van der Waals surface area contributed by atoms with Gasteiger partial charge >= 0.3 is 0 Å². The van der Waals surface area contributed by atoms with Crippen molar-refractivity contribution in [3.05, 3.63) is 54.0 Å². The minimum atomic E-state index is 0.422. The normalized spacial score (nSPS) is 10.8. The molecule has 0 aliphatic rings. The van der Waals surface area contributed by atoms with Crippen molar-refractivity contribution in [2.24, 2.45) is 5.73 Å². The Hall–Kier alpha value is -2.33. The summed E-state index contributed by atoms with van der Waals surface area (Å²) in [6.45, 7) is 2.37.